The third kappa shape index (κ3) is 4.02. The lowest BCUT2D eigenvalue weighted by molar-refractivity contribution is 0.235. The minimum absolute atomic E-state index is 0.177. The molecule has 1 N–H and O–H groups in total. The van der Waals surface area contributed by atoms with Crippen molar-refractivity contribution < 1.29 is 8.81 Å². The fourth-order valence-electron chi connectivity index (χ4n) is 4.89. The minimum atomic E-state index is -0.177. The van der Waals surface area contributed by atoms with Crippen LogP contribution in [-0.4, -0.2) is 56.1 Å². The molecule has 2 aromatic heterocycles. The van der Waals surface area contributed by atoms with Gasteiger partial charge in [-0.15, -0.1) is 10.2 Å². The summed E-state index contributed by atoms with van der Waals surface area (Å²) >= 11 is 1.71. The number of oxazole rings is 1. The van der Waals surface area contributed by atoms with Gasteiger partial charge in [0.15, 0.2) is 17.3 Å². The number of likely N-dealkylation sites (tertiary alicyclic amines) is 1. The Kier molecular flexibility index (Phi) is 5.81. The van der Waals surface area contributed by atoms with Gasteiger partial charge in [0, 0.05) is 25.4 Å². The summed E-state index contributed by atoms with van der Waals surface area (Å²) in [5, 5.41) is 13.2. The third-order valence-electron chi connectivity index (χ3n) is 6.42. The Balaban J connectivity index is 1.21. The van der Waals surface area contributed by atoms with E-state index in [1.165, 1.54) is 18.4 Å². The maximum Gasteiger partial charge on any atom is 0.202 e. The van der Waals surface area contributed by atoms with Gasteiger partial charge in [0.25, 0.3) is 0 Å². The van der Waals surface area contributed by atoms with E-state index < -0.39 is 0 Å². The molecule has 2 saturated heterocycles. The molecule has 4 heterocycles. The van der Waals surface area contributed by atoms with Crippen LogP contribution in [0.5, 0.6) is 0 Å². The molecule has 2 fully saturated rings. The maximum absolute atomic E-state index is 13.4. The first-order valence-electron chi connectivity index (χ1n) is 10.8. The molecule has 0 spiro atoms. The van der Waals surface area contributed by atoms with Crippen molar-refractivity contribution in [1.29, 1.82) is 0 Å². The molecule has 2 aliphatic rings. The Morgan fingerprint density at radius 3 is 2.87 bits per heavy atom. The predicted octanol–water partition coefficient (Wildman–Crippen LogP) is 3.43. The van der Waals surface area contributed by atoms with E-state index in [1.807, 2.05) is 30.7 Å². The Bertz CT molecular complexity index is 1040. The van der Waals surface area contributed by atoms with Crippen molar-refractivity contribution in [2.45, 2.75) is 37.0 Å². The summed E-state index contributed by atoms with van der Waals surface area (Å²) in [6.45, 7) is 5.09. The summed E-state index contributed by atoms with van der Waals surface area (Å²) in [4.78, 5) is 6.70. The fourth-order valence-corrected chi connectivity index (χ4v) is 5.73. The normalized spacial score (nSPS) is 23.5. The molecule has 3 unspecified atom stereocenters. The first-order chi connectivity index (χ1) is 15.1. The Morgan fingerprint density at radius 2 is 2.10 bits per heavy atom. The maximum atomic E-state index is 13.4. The lowest BCUT2D eigenvalue weighted by Gasteiger charge is -2.28. The summed E-state index contributed by atoms with van der Waals surface area (Å²) in [5.74, 6) is 2.82. The van der Waals surface area contributed by atoms with Crippen LogP contribution in [0.4, 0.5) is 4.39 Å². The second-order valence-corrected chi connectivity index (χ2v) is 9.42. The van der Waals surface area contributed by atoms with Gasteiger partial charge < -0.3 is 14.3 Å². The number of thioether (sulfide) groups is 1. The number of aryl methyl sites for hydroxylation is 1. The highest BCUT2D eigenvalue weighted by molar-refractivity contribution is 7.99. The van der Waals surface area contributed by atoms with Crippen LogP contribution in [0.2, 0.25) is 0 Å². The quantitative estimate of drug-likeness (QED) is 0.444. The Labute approximate surface area is 185 Å². The van der Waals surface area contributed by atoms with Crippen molar-refractivity contribution in [3.05, 3.63) is 47.7 Å². The van der Waals surface area contributed by atoms with Gasteiger partial charge >= 0.3 is 0 Å². The molecule has 9 heteroatoms. The van der Waals surface area contributed by atoms with Crippen molar-refractivity contribution >= 4 is 11.8 Å². The van der Waals surface area contributed by atoms with E-state index in [-0.39, 0.29) is 5.82 Å². The van der Waals surface area contributed by atoms with Gasteiger partial charge in [-0.2, -0.15) is 0 Å². The molecule has 5 rings (SSSR count). The van der Waals surface area contributed by atoms with Crippen LogP contribution in [0, 0.1) is 18.7 Å². The second kappa shape index (κ2) is 8.72. The summed E-state index contributed by atoms with van der Waals surface area (Å²) in [6.07, 6.45) is 3.70. The van der Waals surface area contributed by atoms with Gasteiger partial charge in [-0.3, -0.25) is 4.90 Å². The second-order valence-electron chi connectivity index (χ2n) is 8.35. The van der Waals surface area contributed by atoms with Crippen molar-refractivity contribution in [2.75, 3.05) is 25.4 Å². The largest absolute Gasteiger partial charge is 0.440 e. The highest BCUT2D eigenvalue weighted by Gasteiger charge is 2.44. The molecule has 0 saturated carbocycles. The van der Waals surface area contributed by atoms with E-state index in [9.17, 15) is 4.39 Å². The van der Waals surface area contributed by atoms with Crippen LogP contribution in [-0.2, 0) is 7.05 Å². The van der Waals surface area contributed by atoms with Crippen LogP contribution < -0.4 is 5.32 Å². The standard InChI is InChI=1S/C22H27FN6OS/c1-14-20(30-13-25-14)21-26-27-22(28(21)2)31-11-3-10-29-12-16-8-9-24-18(16)19(29)15-4-6-17(23)7-5-15/h4-7,13,16,18-19,24H,3,8-12H2,1-2H3. The molecule has 7 nitrogen and oxygen atoms in total. The SMILES string of the molecule is Cc1ncoc1-c1nnc(SCCCN2CC3CCNC3C2c2ccc(F)cc2)n1C. The van der Waals surface area contributed by atoms with Gasteiger partial charge in [-0.05, 0) is 56.5 Å². The van der Waals surface area contributed by atoms with E-state index in [0.29, 0.717) is 29.6 Å². The van der Waals surface area contributed by atoms with Crippen molar-refractivity contribution in [3.63, 3.8) is 0 Å². The van der Waals surface area contributed by atoms with Gasteiger partial charge in [-0.1, -0.05) is 23.9 Å². The molecular weight excluding hydrogens is 415 g/mol. The van der Waals surface area contributed by atoms with E-state index in [4.69, 9.17) is 4.42 Å². The highest BCUT2D eigenvalue weighted by Crippen LogP contribution is 2.40. The third-order valence-corrected chi connectivity index (χ3v) is 7.53. The predicted molar refractivity (Wildman–Crippen MR) is 117 cm³/mol. The lowest BCUT2D eigenvalue weighted by atomic mass is 9.95. The highest BCUT2D eigenvalue weighted by atomic mass is 32.2. The minimum Gasteiger partial charge on any atom is -0.440 e. The molecule has 164 valence electrons. The molecule has 3 atom stereocenters. The van der Waals surface area contributed by atoms with Crippen molar-refractivity contribution in [3.8, 4) is 11.6 Å². The number of hydrogen-bond acceptors (Lipinski definition) is 7. The Hall–Kier alpha value is -2.23. The Morgan fingerprint density at radius 1 is 1.26 bits per heavy atom. The summed E-state index contributed by atoms with van der Waals surface area (Å²) in [7, 11) is 1.96. The lowest BCUT2D eigenvalue weighted by Crippen LogP contribution is -2.35. The van der Waals surface area contributed by atoms with Crippen LogP contribution in [0.15, 0.2) is 40.2 Å². The number of aromatic nitrogens is 4. The number of halogens is 1. The topological polar surface area (TPSA) is 72.0 Å². The molecule has 31 heavy (non-hydrogen) atoms. The first kappa shape index (κ1) is 20.7. The first-order valence-corrected chi connectivity index (χ1v) is 11.8. The summed E-state index contributed by atoms with van der Waals surface area (Å²) in [6, 6.07) is 7.81. The van der Waals surface area contributed by atoms with Crippen LogP contribution >= 0.6 is 11.8 Å². The van der Waals surface area contributed by atoms with Gasteiger partial charge in [0.2, 0.25) is 5.82 Å². The number of benzene rings is 1. The summed E-state index contributed by atoms with van der Waals surface area (Å²) in [5.41, 5.74) is 2.02. The zero-order valence-corrected chi connectivity index (χ0v) is 18.6. The molecule has 3 aromatic rings. The van der Waals surface area contributed by atoms with Crippen LogP contribution in [0.25, 0.3) is 11.6 Å². The molecular formula is C22H27FN6OS. The zero-order chi connectivity index (χ0) is 21.4. The smallest absolute Gasteiger partial charge is 0.202 e. The number of rotatable bonds is 7. The average molecular weight is 443 g/mol. The molecule has 1 aromatic carbocycles. The molecule has 0 bridgehead atoms. The zero-order valence-electron chi connectivity index (χ0n) is 17.8. The van der Waals surface area contributed by atoms with Crippen molar-refractivity contribution in [1.82, 2.24) is 30.0 Å². The van der Waals surface area contributed by atoms with E-state index in [2.05, 4.69) is 25.4 Å². The number of nitrogens with zero attached hydrogens (tertiary/aromatic N) is 5. The van der Waals surface area contributed by atoms with Crippen LogP contribution in [0.3, 0.4) is 0 Å². The van der Waals surface area contributed by atoms with Gasteiger partial charge in [0.1, 0.15) is 5.82 Å². The fraction of sp³-hybridized carbons (Fsp3) is 0.500. The molecule has 2 aliphatic heterocycles. The van der Waals surface area contributed by atoms with Crippen molar-refractivity contribution in [2.24, 2.45) is 13.0 Å². The van der Waals surface area contributed by atoms with Gasteiger partial charge in [0.05, 0.1) is 11.7 Å². The average Bonchev–Trinajstić information content (AvgIpc) is 3.52. The van der Waals surface area contributed by atoms with E-state index in [0.717, 1.165) is 42.7 Å². The monoisotopic (exact) mass is 442 g/mol. The van der Waals surface area contributed by atoms with E-state index in [1.54, 1.807) is 23.9 Å². The molecule has 0 amide bonds. The van der Waals surface area contributed by atoms with Gasteiger partial charge in [-0.25, -0.2) is 9.37 Å². The van der Waals surface area contributed by atoms with Crippen LogP contribution in [0.1, 0.15) is 30.1 Å². The number of fused-ring (bicyclic) bond motifs is 1. The number of nitrogens with one attached hydrogen (secondary N) is 1. The molecule has 0 radical (unpaired) electrons. The summed E-state index contributed by atoms with van der Waals surface area (Å²) < 4.78 is 20.9. The molecule has 0 aliphatic carbocycles. The van der Waals surface area contributed by atoms with E-state index >= 15 is 0 Å². The number of hydrogen-bond donors (Lipinski definition) is 1.